The average molecular weight is 427 g/mol. The number of rotatable bonds is 6. The van der Waals surface area contributed by atoms with Gasteiger partial charge in [-0.3, -0.25) is 9.69 Å². The Hall–Kier alpha value is -2.38. The molecule has 3 heterocycles. The lowest BCUT2D eigenvalue weighted by molar-refractivity contribution is -0.134. The molecule has 30 heavy (non-hydrogen) atoms. The van der Waals surface area contributed by atoms with E-state index in [0.717, 1.165) is 50.9 Å². The maximum atomic E-state index is 13.1. The molecule has 2 unspecified atom stereocenters. The predicted octanol–water partition coefficient (Wildman–Crippen LogP) is 4.09. The number of hydrogen-bond donors (Lipinski definition) is 2. The minimum atomic E-state index is -0.199. The Kier molecular flexibility index (Phi) is 7.02. The summed E-state index contributed by atoms with van der Waals surface area (Å²) in [6, 6.07) is 13.9. The second-order valence-corrected chi connectivity index (χ2v) is 9.06. The third kappa shape index (κ3) is 5.21. The van der Waals surface area contributed by atoms with Crippen LogP contribution in [0.1, 0.15) is 43.0 Å². The monoisotopic (exact) mass is 426 g/mol. The van der Waals surface area contributed by atoms with E-state index in [1.807, 2.05) is 30.3 Å². The van der Waals surface area contributed by atoms with E-state index in [2.05, 4.69) is 37.9 Å². The number of para-hydroxylation sites is 1. The molecule has 0 saturated carbocycles. The van der Waals surface area contributed by atoms with E-state index >= 15 is 0 Å². The topological polar surface area (TPSA) is 64.7 Å². The molecular weight excluding hydrogens is 396 g/mol. The summed E-state index contributed by atoms with van der Waals surface area (Å²) in [5.41, 5.74) is 0.777. The van der Waals surface area contributed by atoms with Gasteiger partial charge in [0, 0.05) is 29.7 Å². The first-order chi connectivity index (χ1) is 14.7. The van der Waals surface area contributed by atoms with Crippen LogP contribution in [-0.2, 0) is 4.79 Å². The van der Waals surface area contributed by atoms with Gasteiger partial charge in [0.05, 0.1) is 12.6 Å². The van der Waals surface area contributed by atoms with E-state index in [1.54, 1.807) is 11.3 Å². The quantitative estimate of drug-likeness (QED) is 0.731. The van der Waals surface area contributed by atoms with Gasteiger partial charge in [-0.25, -0.2) is 4.79 Å². The van der Waals surface area contributed by atoms with E-state index in [0.29, 0.717) is 13.1 Å². The van der Waals surface area contributed by atoms with Crippen molar-refractivity contribution in [2.45, 2.75) is 44.2 Å². The van der Waals surface area contributed by atoms with Crippen molar-refractivity contribution < 1.29 is 9.59 Å². The van der Waals surface area contributed by atoms with Crippen molar-refractivity contribution in [2.24, 2.45) is 0 Å². The number of nitrogens with one attached hydrogen (secondary N) is 2. The minimum Gasteiger partial charge on any atom is -0.336 e. The third-order valence-electron chi connectivity index (χ3n) is 6.06. The number of nitrogens with zero attached hydrogens (tertiary/aromatic N) is 2. The van der Waals surface area contributed by atoms with E-state index in [9.17, 15) is 9.59 Å². The summed E-state index contributed by atoms with van der Waals surface area (Å²) >= 11 is 1.74. The lowest BCUT2D eigenvalue weighted by Crippen LogP contribution is -2.51. The number of thiophene rings is 1. The standard InChI is InChI=1S/C23H30N4O2S/c28-22(27-14-6-11-20(27)21-12-7-15-30-21)17-26-13-5-4-10-19(26)16-24-23(29)25-18-8-2-1-3-9-18/h1-3,7-9,12,15,19-20H,4-6,10-11,13-14,16-17H2,(H2,24,25,29). The molecule has 0 radical (unpaired) electrons. The Morgan fingerprint density at radius 3 is 2.67 bits per heavy atom. The minimum absolute atomic E-state index is 0.199. The highest BCUT2D eigenvalue weighted by Gasteiger charge is 2.33. The highest BCUT2D eigenvalue weighted by Crippen LogP contribution is 2.34. The molecule has 4 rings (SSSR count). The Morgan fingerprint density at radius 2 is 1.87 bits per heavy atom. The van der Waals surface area contributed by atoms with E-state index in [4.69, 9.17) is 0 Å². The Bertz CT molecular complexity index is 827. The lowest BCUT2D eigenvalue weighted by Gasteiger charge is -2.36. The van der Waals surface area contributed by atoms with Crippen LogP contribution in [0.4, 0.5) is 10.5 Å². The summed E-state index contributed by atoms with van der Waals surface area (Å²) in [6.07, 6.45) is 5.37. The van der Waals surface area contributed by atoms with Crippen molar-refractivity contribution in [3.63, 3.8) is 0 Å². The number of amides is 3. The molecule has 2 saturated heterocycles. The SMILES string of the molecule is O=C(NCC1CCCCN1CC(=O)N1CCCC1c1cccs1)Nc1ccccc1. The molecule has 2 aromatic rings. The largest absolute Gasteiger partial charge is 0.336 e. The van der Waals surface area contributed by atoms with Crippen LogP contribution in [-0.4, -0.2) is 54.0 Å². The number of carbonyl (C=O) groups is 2. The Balaban J connectivity index is 1.31. The molecule has 0 aliphatic carbocycles. The van der Waals surface area contributed by atoms with Crippen LogP contribution in [0.25, 0.3) is 0 Å². The van der Waals surface area contributed by atoms with Crippen molar-refractivity contribution in [2.75, 3.05) is 31.5 Å². The number of likely N-dealkylation sites (tertiary alicyclic amines) is 2. The zero-order valence-corrected chi connectivity index (χ0v) is 18.1. The number of hydrogen-bond acceptors (Lipinski definition) is 4. The van der Waals surface area contributed by atoms with Gasteiger partial charge in [-0.1, -0.05) is 30.7 Å². The molecule has 2 aliphatic rings. The molecular formula is C23H30N4O2S. The van der Waals surface area contributed by atoms with Crippen molar-refractivity contribution in [3.05, 3.63) is 52.7 Å². The Labute approximate surface area is 182 Å². The van der Waals surface area contributed by atoms with Gasteiger partial charge in [-0.15, -0.1) is 11.3 Å². The van der Waals surface area contributed by atoms with Crippen molar-refractivity contribution >= 4 is 29.0 Å². The van der Waals surface area contributed by atoms with Crippen LogP contribution in [0.2, 0.25) is 0 Å². The summed E-state index contributed by atoms with van der Waals surface area (Å²) in [6.45, 7) is 2.75. The van der Waals surface area contributed by atoms with Crippen molar-refractivity contribution in [1.29, 1.82) is 0 Å². The first-order valence-electron chi connectivity index (χ1n) is 10.9. The second-order valence-electron chi connectivity index (χ2n) is 8.08. The molecule has 160 valence electrons. The molecule has 2 fully saturated rings. The zero-order valence-electron chi connectivity index (χ0n) is 17.3. The van der Waals surface area contributed by atoms with Gasteiger partial charge in [-0.05, 0) is 55.8 Å². The maximum absolute atomic E-state index is 13.1. The van der Waals surface area contributed by atoms with Gasteiger partial charge in [0.1, 0.15) is 0 Å². The molecule has 2 aliphatic heterocycles. The van der Waals surface area contributed by atoms with E-state index in [1.165, 1.54) is 4.88 Å². The summed E-state index contributed by atoms with van der Waals surface area (Å²) in [7, 11) is 0. The highest BCUT2D eigenvalue weighted by atomic mass is 32.1. The van der Waals surface area contributed by atoms with E-state index in [-0.39, 0.29) is 24.0 Å². The molecule has 2 N–H and O–H groups in total. The van der Waals surface area contributed by atoms with Crippen LogP contribution >= 0.6 is 11.3 Å². The molecule has 3 amide bonds. The summed E-state index contributed by atoms with van der Waals surface area (Å²) in [5, 5.41) is 7.94. The fourth-order valence-electron chi connectivity index (χ4n) is 4.51. The average Bonchev–Trinajstić information content (AvgIpc) is 3.45. The van der Waals surface area contributed by atoms with Crippen LogP contribution in [0, 0.1) is 0 Å². The van der Waals surface area contributed by atoms with Gasteiger partial charge in [-0.2, -0.15) is 0 Å². The van der Waals surface area contributed by atoms with Gasteiger partial charge < -0.3 is 15.5 Å². The van der Waals surface area contributed by atoms with Crippen LogP contribution < -0.4 is 10.6 Å². The lowest BCUT2D eigenvalue weighted by atomic mass is 10.0. The molecule has 1 aromatic heterocycles. The highest BCUT2D eigenvalue weighted by molar-refractivity contribution is 7.10. The van der Waals surface area contributed by atoms with Crippen LogP contribution in [0.3, 0.4) is 0 Å². The summed E-state index contributed by atoms with van der Waals surface area (Å²) in [4.78, 5) is 31.0. The summed E-state index contributed by atoms with van der Waals surface area (Å²) < 4.78 is 0. The molecule has 7 heteroatoms. The maximum Gasteiger partial charge on any atom is 0.319 e. The zero-order chi connectivity index (χ0) is 20.8. The van der Waals surface area contributed by atoms with Gasteiger partial charge in [0.25, 0.3) is 0 Å². The second kappa shape index (κ2) is 10.1. The number of benzene rings is 1. The number of urea groups is 1. The number of carbonyl (C=O) groups excluding carboxylic acids is 2. The predicted molar refractivity (Wildman–Crippen MR) is 121 cm³/mol. The fraction of sp³-hybridized carbons (Fsp3) is 0.478. The first kappa shape index (κ1) is 20.9. The Morgan fingerprint density at radius 1 is 1.00 bits per heavy atom. The molecule has 0 spiro atoms. The molecule has 2 atom stereocenters. The normalized spacial score (nSPS) is 22.1. The number of piperidine rings is 1. The number of anilines is 1. The van der Waals surface area contributed by atoms with E-state index < -0.39 is 0 Å². The first-order valence-corrected chi connectivity index (χ1v) is 11.8. The van der Waals surface area contributed by atoms with Crippen molar-refractivity contribution in [3.8, 4) is 0 Å². The fourth-order valence-corrected chi connectivity index (χ4v) is 5.39. The van der Waals surface area contributed by atoms with Crippen LogP contribution in [0.15, 0.2) is 47.8 Å². The van der Waals surface area contributed by atoms with Crippen LogP contribution in [0.5, 0.6) is 0 Å². The molecule has 6 nitrogen and oxygen atoms in total. The van der Waals surface area contributed by atoms with Gasteiger partial charge in [0.2, 0.25) is 5.91 Å². The van der Waals surface area contributed by atoms with Gasteiger partial charge >= 0.3 is 6.03 Å². The molecule has 0 bridgehead atoms. The van der Waals surface area contributed by atoms with Gasteiger partial charge in [0.15, 0.2) is 0 Å². The molecule has 1 aromatic carbocycles. The smallest absolute Gasteiger partial charge is 0.319 e. The van der Waals surface area contributed by atoms with Crippen molar-refractivity contribution in [1.82, 2.24) is 15.1 Å². The third-order valence-corrected chi connectivity index (χ3v) is 7.04. The summed E-state index contributed by atoms with van der Waals surface area (Å²) in [5.74, 6) is 0.214.